The van der Waals surface area contributed by atoms with E-state index in [0.29, 0.717) is 44.0 Å². The second-order valence-corrected chi connectivity index (χ2v) is 9.85. The molecule has 5 rings (SSSR count). The molecule has 2 fully saturated rings. The second kappa shape index (κ2) is 10.8. The Morgan fingerprint density at radius 2 is 1.87 bits per heavy atom. The Labute approximate surface area is 222 Å². The van der Waals surface area contributed by atoms with Gasteiger partial charge in [0.15, 0.2) is 6.04 Å². The third-order valence-corrected chi connectivity index (χ3v) is 7.18. The number of nitrogens with zero attached hydrogens (tertiary/aromatic N) is 2. The number of hydrogen-bond donors (Lipinski definition) is 2. The number of imide groups is 1. The molecule has 0 spiro atoms. The number of carbonyl (C=O) groups excluding carboxylic acids is 4. The summed E-state index contributed by atoms with van der Waals surface area (Å²) in [6, 6.07) is 7.06. The lowest BCUT2D eigenvalue weighted by atomic mass is 10.0. The fourth-order valence-electron chi connectivity index (χ4n) is 5.17. The van der Waals surface area contributed by atoms with E-state index in [0.717, 1.165) is 0 Å². The Hall–Kier alpha value is -3.77. The maximum Gasteiger partial charge on any atom is 0.412 e. The minimum atomic E-state index is -4.75. The van der Waals surface area contributed by atoms with E-state index in [9.17, 15) is 32.3 Å². The highest BCUT2D eigenvalue weighted by atomic mass is 19.4. The van der Waals surface area contributed by atoms with Gasteiger partial charge in [-0.25, -0.2) is 0 Å². The number of nitrogens with one attached hydrogen (secondary N) is 2. The maximum absolute atomic E-state index is 14.1. The first-order valence-corrected chi connectivity index (χ1v) is 12.6. The van der Waals surface area contributed by atoms with Crippen LogP contribution in [0.3, 0.4) is 0 Å². The molecule has 4 amide bonds. The van der Waals surface area contributed by atoms with Gasteiger partial charge < -0.3 is 15.0 Å². The van der Waals surface area contributed by atoms with Crippen LogP contribution >= 0.6 is 0 Å². The zero-order valence-electron chi connectivity index (χ0n) is 20.9. The molecule has 2 aromatic rings. The van der Waals surface area contributed by atoms with Crippen LogP contribution in [0.2, 0.25) is 0 Å². The molecule has 39 heavy (non-hydrogen) atoms. The van der Waals surface area contributed by atoms with E-state index in [4.69, 9.17) is 4.74 Å². The average Bonchev–Trinajstić information content (AvgIpc) is 3.22. The number of halogens is 3. The minimum absolute atomic E-state index is 0.00779. The normalized spacial score (nSPS) is 20.9. The number of alkyl halides is 3. The van der Waals surface area contributed by atoms with Crippen molar-refractivity contribution in [1.29, 1.82) is 0 Å². The van der Waals surface area contributed by atoms with Gasteiger partial charge in [-0.3, -0.25) is 29.4 Å². The molecule has 3 aliphatic heterocycles. The van der Waals surface area contributed by atoms with Gasteiger partial charge in [-0.2, -0.15) is 13.2 Å². The van der Waals surface area contributed by atoms with E-state index in [2.05, 4.69) is 15.5 Å². The Morgan fingerprint density at radius 1 is 1.10 bits per heavy atom. The zero-order chi connectivity index (χ0) is 27.7. The maximum atomic E-state index is 14.1. The lowest BCUT2D eigenvalue weighted by Gasteiger charge is -2.29. The van der Waals surface area contributed by atoms with Crippen molar-refractivity contribution < 1.29 is 37.1 Å². The molecule has 0 bridgehead atoms. The Morgan fingerprint density at radius 3 is 2.59 bits per heavy atom. The summed E-state index contributed by atoms with van der Waals surface area (Å²) in [5.74, 6) is -2.36. The van der Waals surface area contributed by atoms with Crippen LogP contribution in [0.1, 0.15) is 56.3 Å². The number of ether oxygens (including phenoxy) is 1. The zero-order valence-corrected chi connectivity index (χ0v) is 20.9. The van der Waals surface area contributed by atoms with Crippen LogP contribution in [0, 0.1) is 0 Å². The standard InChI is InChI=1S/C27H27F3N4O5/c28-27(29,30)23(17-3-1-2-16(12-17)14-33-8-10-39-11-9-33)32-24(36)18-4-5-20-19(13-18)15-34(26(20)38)21-6-7-22(35)31-25(21)37/h1-5,12-13,21,23H,6-11,14-15H2,(H,32,36)(H,31,35,37)/t21?,23-/m1/s1. The lowest BCUT2D eigenvalue weighted by molar-refractivity contribution is -0.155. The summed E-state index contributed by atoms with van der Waals surface area (Å²) >= 11 is 0. The van der Waals surface area contributed by atoms with E-state index < -0.39 is 41.9 Å². The number of fused-ring (bicyclic) bond motifs is 1. The van der Waals surface area contributed by atoms with Crippen LogP contribution in [-0.4, -0.2) is 71.9 Å². The molecule has 2 atom stereocenters. The van der Waals surface area contributed by atoms with Crippen molar-refractivity contribution in [3.05, 3.63) is 70.3 Å². The average molecular weight is 545 g/mol. The fraction of sp³-hybridized carbons (Fsp3) is 0.407. The minimum Gasteiger partial charge on any atom is -0.379 e. The van der Waals surface area contributed by atoms with Gasteiger partial charge in [0.2, 0.25) is 11.8 Å². The van der Waals surface area contributed by atoms with E-state index in [1.165, 1.54) is 35.2 Å². The van der Waals surface area contributed by atoms with E-state index >= 15 is 0 Å². The topological polar surface area (TPSA) is 108 Å². The number of amides is 4. The van der Waals surface area contributed by atoms with Crippen molar-refractivity contribution in [2.45, 2.75) is 44.2 Å². The summed E-state index contributed by atoms with van der Waals surface area (Å²) in [5, 5.41) is 4.32. The van der Waals surface area contributed by atoms with Crippen molar-refractivity contribution in [2.24, 2.45) is 0 Å². The molecule has 9 nitrogen and oxygen atoms in total. The van der Waals surface area contributed by atoms with Crippen molar-refractivity contribution in [2.75, 3.05) is 26.3 Å². The molecular weight excluding hydrogens is 517 g/mol. The van der Waals surface area contributed by atoms with Gasteiger partial charge in [0, 0.05) is 43.7 Å². The van der Waals surface area contributed by atoms with Crippen LogP contribution in [0.25, 0.3) is 0 Å². The monoisotopic (exact) mass is 544 g/mol. The smallest absolute Gasteiger partial charge is 0.379 e. The molecule has 0 saturated carbocycles. The van der Waals surface area contributed by atoms with E-state index in [1.807, 2.05) is 0 Å². The van der Waals surface area contributed by atoms with Crippen molar-refractivity contribution in [1.82, 2.24) is 20.4 Å². The predicted octanol–water partition coefficient (Wildman–Crippen LogP) is 2.31. The molecule has 0 aromatic heterocycles. The quantitative estimate of drug-likeness (QED) is 0.541. The molecule has 206 valence electrons. The first kappa shape index (κ1) is 26.8. The molecule has 3 aliphatic rings. The Bertz CT molecular complexity index is 1310. The molecule has 12 heteroatoms. The Kier molecular flexibility index (Phi) is 7.41. The van der Waals surface area contributed by atoms with Gasteiger partial charge in [-0.1, -0.05) is 24.3 Å². The summed E-state index contributed by atoms with van der Waals surface area (Å²) < 4.78 is 47.6. The van der Waals surface area contributed by atoms with Crippen molar-refractivity contribution >= 4 is 23.6 Å². The molecule has 2 N–H and O–H groups in total. The third-order valence-electron chi connectivity index (χ3n) is 7.18. The third kappa shape index (κ3) is 5.81. The van der Waals surface area contributed by atoms with E-state index in [1.54, 1.807) is 12.1 Å². The SMILES string of the molecule is O=C1CCC(N2Cc3cc(C(=O)N[C@H](c4cccc(CN5CCOCC5)c4)C(F)(F)F)ccc3C2=O)C(=O)N1. The summed E-state index contributed by atoms with van der Waals surface area (Å²) in [6.07, 6.45) is -4.48. The lowest BCUT2D eigenvalue weighted by Crippen LogP contribution is -2.52. The van der Waals surface area contributed by atoms with Crippen LogP contribution in [0.15, 0.2) is 42.5 Å². The number of rotatable bonds is 6. The van der Waals surface area contributed by atoms with Crippen molar-refractivity contribution in [3.8, 4) is 0 Å². The summed E-state index contributed by atoms with van der Waals surface area (Å²) in [5.41, 5.74) is 1.27. The molecule has 1 unspecified atom stereocenters. The largest absolute Gasteiger partial charge is 0.412 e. The number of carbonyl (C=O) groups is 4. The summed E-state index contributed by atoms with van der Waals surface area (Å²) in [6.45, 7) is 2.99. The molecular formula is C27H27F3N4O5. The number of hydrogen-bond acceptors (Lipinski definition) is 6. The first-order chi connectivity index (χ1) is 18.6. The second-order valence-electron chi connectivity index (χ2n) is 9.85. The highest BCUT2D eigenvalue weighted by Gasteiger charge is 2.43. The predicted molar refractivity (Wildman–Crippen MR) is 131 cm³/mol. The fourth-order valence-corrected chi connectivity index (χ4v) is 5.17. The summed E-state index contributed by atoms with van der Waals surface area (Å²) in [4.78, 5) is 53.0. The molecule has 0 radical (unpaired) electrons. The van der Waals surface area contributed by atoms with Gasteiger partial charge in [0.25, 0.3) is 11.8 Å². The Balaban J connectivity index is 1.32. The molecule has 0 aliphatic carbocycles. The van der Waals surface area contributed by atoms with Crippen LogP contribution in [0.5, 0.6) is 0 Å². The number of benzene rings is 2. The van der Waals surface area contributed by atoms with E-state index in [-0.39, 0.29) is 36.1 Å². The van der Waals surface area contributed by atoms with Gasteiger partial charge >= 0.3 is 6.18 Å². The van der Waals surface area contributed by atoms with Crippen LogP contribution in [-0.2, 0) is 27.4 Å². The highest BCUT2D eigenvalue weighted by Crippen LogP contribution is 2.34. The first-order valence-electron chi connectivity index (χ1n) is 12.6. The van der Waals surface area contributed by atoms with Gasteiger partial charge in [0.05, 0.1) is 13.2 Å². The van der Waals surface area contributed by atoms with Crippen LogP contribution in [0.4, 0.5) is 13.2 Å². The van der Waals surface area contributed by atoms with Crippen molar-refractivity contribution in [3.63, 3.8) is 0 Å². The number of morpholine rings is 1. The summed E-state index contributed by atoms with van der Waals surface area (Å²) in [7, 11) is 0. The molecule has 3 heterocycles. The van der Waals surface area contributed by atoms with Gasteiger partial charge in [-0.15, -0.1) is 0 Å². The van der Waals surface area contributed by atoms with Gasteiger partial charge in [-0.05, 0) is 41.3 Å². The van der Waals surface area contributed by atoms with Crippen LogP contribution < -0.4 is 10.6 Å². The number of piperidine rings is 1. The van der Waals surface area contributed by atoms with Gasteiger partial charge in [0.1, 0.15) is 6.04 Å². The highest BCUT2D eigenvalue weighted by molar-refractivity contribution is 6.06. The molecule has 2 saturated heterocycles. The molecule has 2 aromatic carbocycles.